The molecule has 1 N–H and O–H groups in total. The standard InChI is InChI=1S/C14H23FN2O2S/c1-5-7-17(4)20(18,19)13-8-11(3)14(15)12(9-13)10-16-6-2/h8-9,16H,5-7,10H2,1-4H3. The first kappa shape index (κ1) is 17.1. The summed E-state index contributed by atoms with van der Waals surface area (Å²) >= 11 is 0. The Balaban J connectivity index is 3.22. The van der Waals surface area contributed by atoms with Gasteiger partial charge in [0.15, 0.2) is 0 Å². The normalized spacial score (nSPS) is 12.1. The summed E-state index contributed by atoms with van der Waals surface area (Å²) in [5.41, 5.74) is 0.735. The summed E-state index contributed by atoms with van der Waals surface area (Å²) in [6.07, 6.45) is 0.736. The summed E-state index contributed by atoms with van der Waals surface area (Å²) in [5, 5.41) is 3.02. The molecule has 0 aromatic heterocycles. The number of rotatable bonds is 7. The van der Waals surface area contributed by atoms with Crippen LogP contribution in [-0.4, -0.2) is 32.9 Å². The summed E-state index contributed by atoms with van der Waals surface area (Å²) in [6, 6.07) is 2.82. The van der Waals surface area contributed by atoms with Crippen LogP contribution in [0.3, 0.4) is 0 Å². The second kappa shape index (κ2) is 7.15. The first-order valence-electron chi connectivity index (χ1n) is 6.80. The lowest BCUT2D eigenvalue weighted by atomic mass is 10.1. The third kappa shape index (κ3) is 3.77. The van der Waals surface area contributed by atoms with Gasteiger partial charge in [0.05, 0.1) is 4.90 Å². The highest BCUT2D eigenvalue weighted by Crippen LogP contribution is 2.21. The van der Waals surface area contributed by atoms with Crippen molar-refractivity contribution in [1.29, 1.82) is 0 Å². The minimum atomic E-state index is -3.55. The van der Waals surface area contributed by atoms with Crippen LogP contribution in [0.15, 0.2) is 17.0 Å². The van der Waals surface area contributed by atoms with E-state index in [0.29, 0.717) is 30.8 Å². The van der Waals surface area contributed by atoms with Crippen LogP contribution in [0.25, 0.3) is 0 Å². The van der Waals surface area contributed by atoms with Crippen LogP contribution >= 0.6 is 0 Å². The molecule has 0 unspecified atom stereocenters. The van der Waals surface area contributed by atoms with Crippen molar-refractivity contribution in [3.8, 4) is 0 Å². The highest BCUT2D eigenvalue weighted by molar-refractivity contribution is 7.89. The molecule has 0 aliphatic carbocycles. The van der Waals surface area contributed by atoms with E-state index in [1.54, 1.807) is 14.0 Å². The van der Waals surface area contributed by atoms with Gasteiger partial charge in [-0.3, -0.25) is 0 Å². The number of aryl methyl sites for hydroxylation is 1. The summed E-state index contributed by atoms with van der Waals surface area (Å²) in [4.78, 5) is 0.153. The molecular weight excluding hydrogens is 279 g/mol. The quantitative estimate of drug-likeness (QED) is 0.840. The first-order chi connectivity index (χ1) is 9.34. The summed E-state index contributed by atoms with van der Waals surface area (Å²) < 4.78 is 40.1. The highest BCUT2D eigenvalue weighted by Gasteiger charge is 2.22. The fourth-order valence-corrected chi connectivity index (χ4v) is 3.36. The van der Waals surface area contributed by atoms with E-state index in [4.69, 9.17) is 0 Å². The molecule has 20 heavy (non-hydrogen) atoms. The van der Waals surface area contributed by atoms with Gasteiger partial charge in [0.25, 0.3) is 0 Å². The van der Waals surface area contributed by atoms with Gasteiger partial charge in [-0.2, -0.15) is 0 Å². The predicted molar refractivity (Wildman–Crippen MR) is 78.6 cm³/mol. The van der Waals surface area contributed by atoms with Crippen LogP contribution in [0, 0.1) is 12.7 Å². The minimum absolute atomic E-state index is 0.153. The van der Waals surface area contributed by atoms with Crippen LogP contribution in [0.5, 0.6) is 0 Å². The fraction of sp³-hybridized carbons (Fsp3) is 0.571. The molecule has 0 amide bonds. The van der Waals surface area contributed by atoms with Crippen molar-refractivity contribution in [2.45, 2.75) is 38.6 Å². The molecule has 0 fully saturated rings. The molecule has 0 radical (unpaired) electrons. The Hall–Kier alpha value is -0.980. The van der Waals surface area contributed by atoms with Crippen molar-refractivity contribution in [1.82, 2.24) is 9.62 Å². The molecule has 0 spiro atoms. The summed E-state index contributed by atoms with van der Waals surface area (Å²) in [5.74, 6) is -0.344. The van der Waals surface area contributed by atoms with Gasteiger partial charge in [0, 0.05) is 25.7 Å². The second-order valence-corrected chi connectivity index (χ2v) is 6.87. The molecule has 0 aliphatic heterocycles. The molecule has 0 atom stereocenters. The van der Waals surface area contributed by atoms with Crippen molar-refractivity contribution in [2.24, 2.45) is 0 Å². The van der Waals surface area contributed by atoms with Crippen LogP contribution in [-0.2, 0) is 16.6 Å². The Kier molecular flexibility index (Phi) is 6.10. The van der Waals surface area contributed by atoms with Gasteiger partial charge < -0.3 is 5.32 Å². The summed E-state index contributed by atoms with van der Waals surface area (Å²) in [6.45, 7) is 6.89. The monoisotopic (exact) mass is 302 g/mol. The second-order valence-electron chi connectivity index (χ2n) is 4.82. The molecule has 0 heterocycles. The van der Waals surface area contributed by atoms with Crippen molar-refractivity contribution in [2.75, 3.05) is 20.1 Å². The molecule has 0 aliphatic rings. The van der Waals surface area contributed by atoms with E-state index in [2.05, 4.69) is 5.32 Å². The lowest BCUT2D eigenvalue weighted by Crippen LogP contribution is -2.28. The molecular formula is C14H23FN2O2S. The molecule has 1 aromatic carbocycles. The lowest BCUT2D eigenvalue weighted by molar-refractivity contribution is 0.468. The SMILES string of the molecule is CCCN(C)S(=O)(=O)c1cc(C)c(F)c(CNCC)c1. The van der Waals surface area contributed by atoms with Gasteiger partial charge in [0.1, 0.15) is 5.82 Å². The maximum atomic E-state index is 14.0. The molecule has 6 heteroatoms. The van der Waals surface area contributed by atoms with Crippen LogP contribution in [0.4, 0.5) is 4.39 Å². The van der Waals surface area contributed by atoms with Gasteiger partial charge in [-0.15, -0.1) is 0 Å². The number of hydrogen-bond donors (Lipinski definition) is 1. The van der Waals surface area contributed by atoms with Gasteiger partial charge in [-0.1, -0.05) is 13.8 Å². The minimum Gasteiger partial charge on any atom is -0.313 e. The molecule has 1 rings (SSSR count). The summed E-state index contributed by atoms with van der Waals surface area (Å²) in [7, 11) is -2.01. The lowest BCUT2D eigenvalue weighted by Gasteiger charge is -2.18. The zero-order valence-electron chi connectivity index (χ0n) is 12.5. The molecule has 0 saturated heterocycles. The Labute approximate surface area is 121 Å². The molecule has 0 bridgehead atoms. The van der Waals surface area contributed by atoms with Crippen LogP contribution in [0.1, 0.15) is 31.4 Å². The number of halogens is 1. The largest absolute Gasteiger partial charge is 0.313 e. The third-order valence-corrected chi connectivity index (χ3v) is 4.95. The maximum absolute atomic E-state index is 14.0. The number of benzene rings is 1. The number of nitrogens with one attached hydrogen (secondary N) is 1. The Bertz CT molecular complexity index is 559. The third-order valence-electron chi connectivity index (χ3n) is 3.12. The molecule has 114 valence electrons. The van der Waals surface area contributed by atoms with E-state index in [9.17, 15) is 12.8 Å². The average Bonchev–Trinajstić information content (AvgIpc) is 2.40. The first-order valence-corrected chi connectivity index (χ1v) is 8.24. The average molecular weight is 302 g/mol. The zero-order chi connectivity index (χ0) is 15.3. The smallest absolute Gasteiger partial charge is 0.242 e. The van der Waals surface area contributed by atoms with E-state index in [1.807, 2.05) is 13.8 Å². The van der Waals surface area contributed by atoms with E-state index < -0.39 is 10.0 Å². The van der Waals surface area contributed by atoms with E-state index in [-0.39, 0.29) is 10.7 Å². The van der Waals surface area contributed by atoms with E-state index in [0.717, 1.165) is 6.42 Å². The Morgan fingerprint density at radius 1 is 1.30 bits per heavy atom. The predicted octanol–water partition coefficient (Wildman–Crippen LogP) is 2.27. The molecule has 4 nitrogen and oxygen atoms in total. The van der Waals surface area contributed by atoms with Gasteiger partial charge >= 0.3 is 0 Å². The number of sulfonamides is 1. The van der Waals surface area contributed by atoms with E-state index in [1.165, 1.54) is 16.4 Å². The van der Waals surface area contributed by atoms with Gasteiger partial charge in [-0.25, -0.2) is 17.1 Å². The van der Waals surface area contributed by atoms with Crippen LogP contribution in [0.2, 0.25) is 0 Å². The van der Waals surface area contributed by atoms with Crippen molar-refractivity contribution < 1.29 is 12.8 Å². The Morgan fingerprint density at radius 2 is 1.95 bits per heavy atom. The number of nitrogens with zero attached hydrogens (tertiary/aromatic N) is 1. The maximum Gasteiger partial charge on any atom is 0.242 e. The molecule has 1 aromatic rings. The Morgan fingerprint density at radius 3 is 2.50 bits per heavy atom. The van der Waals surface area contributed by atoms with Crippen LogP contribution < -0.4 is 5.32 Å². The van der Waals surface area contributed by atoms with E-state index >= 15 is 0 Å². The van der Waals surface area contributed by atoms with Gasteiger partial charge in [-0.05, 0) is 37.6 Å². The molecule has 0 saturated carbocycles. The van der Waals surface area contributed by atoms with Crippen molar-refractivity contribution in [3.63, 3.8) is 0 Å². The zero-order valence-corrected chi connectivity index (χ0v) is 13.3. The van der Waals surface area contributed by atoms with Gasteiger partial charge in [0.2, 0.25) is 10.0 Å². The number of hydrogen-bond acceptors (Lipinski definition) is 3. The van der Waals surface area contributed by atoms with Crippen molar-refractivity contribution in [3.05, 3.63) is 29.1 Å². The highest BCUT2D eigenvalue weighted by atomic mass is 32.2. The fourth-order valence-electron chi connectivity index (χ4n) is 1.96. The topological polar surface area (TPSA) is 49.4 Å². The van der Waals surface area contributed by atoms with Crippen molar-refractivity contribution >= 4 is 10.0 Å².